The van der Waals surface area contributed by atoms with Crippen molar-refractivity contribution in [2.75, 3.05) is 20.8 Å². The Morgan fingerprint density at radius 2 is 1.92 bits per heavy atom. The number of amides is 1. The van der Waals surface area contributed by atoms with Crippen LogP contribution in [-0.2, 0) is 13.0 Å². The molecule has 3 heterocycles. The molecule has 1 aliphatic rings. The summed E-state index contributed by atoms with van der Waals surface area (Å²) in [6.07, 6.45) is 2.46. The van der Waals surface area contributed by atoms with E-state index in [9.17, 15) is 4.79 Å². The molecule has 0 aliphatic carbocycles. The first-order valence-electron chi connectivity index (χ1n) is 8.03. The number of H-pyrrole nitrogens is 1. The van der Waals surface area contributed by atoms with Gasteiger partial charge < -0.3 is 14.4 Å². The zero-order valence-electron chi connectivity index (χ0n) is 14.1. The Kier molecular flexibility index (Phi) is 3.76. The summed E-state index contributed by atoms with van der Waals surface area (Å²) in [4.78, 5) is 19.0. The maximum atomic E-state index is 12.8. The molecule has 4 rings (SSSR count). The number of aromatic nitrogens is 3. The van der Waals surface area contributed by atoms with Crippen LogP contribution in [0.15, 0.2) is 30.5 Å². The van der Waals surface area contributed by atoms with Crippen molar-refractivity contribution in [1.82, 2.24) is 20.1 Å². The number of fused-ring (bicyclic) bond motifs is 2. The van der Waals surface area contributed by atoms with Crippen LogP contribution in [0.3, 0.4) is 0 Å². The van der Waals surface area contributed by atoms with Crippen molar-refractivity contribution < 1.29 is 14.3 Å². The summed E-state index contributed by atoms with van der Waals surface area (Å²) in [7, 11) is 3.24. The normalized spacial score (nSPS) is 13.6. The molecule has 0 bridgehead atoms. The van der Waals surface area contributed by atoms with Gasteiger partial charge in [0.15, 0.2) is 17.1 Å². The number of methoxy groups -OCH3 is 2. The molecule has 1 N–H and O–H groups in total. The smallest absolute Gasteiger partial charge is 0.272 e. The number of nitrogens with zero attached hydrogens (tertiary/aromatic N) is 3. The number of ether oxygens (including phenoxy) is 2. The van der Waals surface area contributed by atoms with Gasteiger partial charge in [0.25, 0.3) is 5.91 Å². The number of pyridine rings is 1. The summed E-state index contributed by atoms with van der Waals surface area (Å²) in [6.45, 7) is 1.17. The number of nitrogens with one attached hydrogen (secondary N) is 1. The minimum absolute atomic E-state index is 0.0862. The molecule has 1 aromatic carbocycles. The molecule has 1 amide bonds. The molecular formula is C18H18N4O3. The van der Waals surface area contributed by atoms with Crippen LogP contribution >= 0.6 is 0 Å². The van der Waals surface area contributed by atoms with Crippen LogP contribution in [0.25, 0.3) is 11.0 Å². The van der Waals surface area contributed by atoms with Crippen molar-refractivity contribution in [2.24, 2.45) is 0 Å². The Bertz CT molecular complexity index is 951. The van der Waals surface area contributed by atoms with E-state index in [0.29, 0.717) is 35.9 Å². The van der Waals surface area contributed by atoms with E-state index >= 15 is 0 Å². The predicted octanol–water partition coefficient (Wildman–Crippen LogP) is 2.17. The van der Waals surface area contributed by atoms with Crippen LogP contribution in [0.1, 0.15) is 21.6 Å². The van der Waals surface area contributed by atoms with Gasteiger partial charge in [-0.2, -0.15) is 5.10 Å². The lowest BCUT2D eigenvalue weighted by atomic mass is 9.98. The quantitative estimate of drug-likeness (QED) is 0.792. The third-order valence-electron chi connectivity index (χ3n) is 4.52. The second-order valence-corrected chi connectivity index (χ2v) is 5.96. The highest BCUT2D eigenvalue weighted by Gasteiger charge is 2.24. The van der Waals surface area contributed by atoms with E-state index in [4.69, 9.17) is 9.47 Å². The first-order chi connectivity index (χ1) is 12.2. The monoisotopic (exact) mass is 338 g/mol. The number of hydrogen-bond donors (Lipinski definition) is 1. The Labute approximate surface area is 144 Å². The summed E-state index contributed by atoms with van der Waals surface area (Å²) in [6, 6.07) is 7.53. The number of rotatable bonds is 3. The molecule has 7 heteroatoms. The molecule has 3 aromatic rings. The highest BCUT2D eigenvalue weighted by atomic mass is 16.5. The van der Waals surface area contributed by atoms with Gasteiger partial charge >= 0.3 is 0 Å². The Morgan fingerprint density at radius 1 is 1.16 bits per heavy atom. The van der Waals surface area contributed by atoms with E-state index < -0.39 is 0 Å². The summed E-state index contributed by atoms with van der Waals surface area (Å²) in [5.74, 6) is 1.30. The number of carbonyl (C=O) groups is 1. The second-order valence-electron chi connectivity index (χ2n) is 5.96. The fraction of sp³-hybridized carbons (Fsp3) is 0.278. The molecule has 0 saturated heterocycles. The maximum Gasteiger partial charge on any atom is 0.272 e. The van der Waals surface area contributed by atoms with Crippen LogP contribution in [0.4, 0.5) is 0 Å². The van der Waals surface area contributed by atoms with E-state index in [1.165, 1.54) is 5.56 Å². The topological polar surface area (TPSA) is 80.3 Å². The predicted molar refractivity (Wildman–Crippen MR) is 91.9 cm³/mol. The average molecular weight is 338 g/mol. The van der Waals surface area contributed by atoms with Crippen molar-refractivity contribution in [1.29, 1.82) is 0 Å². The van der Waals surface area contributed by atoms with Crippen molar-refractivity contribution in [2.45, 2.75) is 13.0 Å². The van der Waals surface area contributed by atoms with E-state index in [2.05, 4.69) is 15.2 Å². The van der Waals surface area contributed by atoms with Gasteiger partial charge in [0.2, 0.25) is 0 Å². The summed E-state index contributed by atoms with van der Waals surface area (Å²) >= 11 is 0. The third-order valence-corrected chi connectivity index (χ3v) is 4.52. The van der Waals surface area contributed by atoms with Crippen LogP contribution < -0.4 is 9.47 Å². The number of hydrogen-bond acceptors (Lipinski definition) is 5. The maximum absolute atomic E-state index is 12.8. The van der Waals surface area contributed by atoms with E-state index in [1.54, 1.807) is 31.4 Å². The van der Waals surface area contributed by atoms with Crippen molar-refractivity contribution in [3.63, 3.8) is 0 Å². The molecule has 25 heavy (non-hydrogen) atoms. The van der Waals surface area contributed by atoms with E-state index in [0.717, 1.165) is 17.4 Å². The summed E-state index contributed by atoms with van der Waals surface area (Å²) in [5.41, 5.74) is 3.29. The van der Waals surface area contributed by atoms with Crippen molar-refractivity contribution in [3.05, 3.63) is 47.3 Å². The molecule has 0 saturated carbocycles. The van der Waals surface area contributed by atoms with Crippen molar-refractivity contribution >= 4 is 16.9 Å². The molecule has 1 aliphatic heterocycles. The zero-order valence-corrected chi connectivity index (χ0v) is 14.1. The molecule has 2 aromatic heterocycles. The van der Waals surface area contributed by atoms with Crippen LogP contribution in [-0.4, -0.2) is 46.8 Å². The number of aromatic amines is 1. The first-order valence-corrected chi connectivity index (χ1v) is 8.03. The Morgan fingerprint density at radius 3 is 2.68 bits per heavy atom. The highest BCUT2D eigenvalue weighted by molar-refractivity contribution is 5.94. The zero-order chi connectivity index (χ0) is 17.4. The Balaban J connectivity index is 1.61. The first kappa shape index (κ1) is 15.4. The number of benzene rings is 1. The van der Waals surface area contributed by atoms with Crippen molar-refractivity contribution in [3.8, 4) is 11.5 Å². The molecule has 0 radical (unpaired) electrons. The van der Waals surface area contributed by atoms with Gasteiger partial charge in [-0.3, -0.25) is 9.89 Å². The SMILES string of the molecule is COc1cc2c(cc1OC)CN(C(=O)c1ccc3cn[nH]c3n1)CC2. The van der Waals surface area contributed by atoms with Gasteiger partial charge in [-0.05, 0) is 41.8 Å². The molecule has 0 spiro atoms. The number of carbonyl (C=O) groups excluding carboxylic acids is 1. The average Bonchev–Trinajstić information content (AvgIpc) is 3.13. The standard InChI is InChI=1S/C18H18N4O3/c1-24-15-7-11-5-6-22(10-13(11)8-16(15)25-2)18(23)14-4-3-12-9-19-21-17(12)20-14/h3-4,7-9H,5-6,10H2,1-2H3,(H,19,20,21). The summed E-state index contributed by atoms with van der Waals surface area (Å²) < 4.78 is 10.7. The molecular weight excluding hydrogens is 320 g/mol. The second kappa shape index (κ2) is 6.08. The lowest BCUT2D eigenvalue weighted by Crippen LogP contribution is -2.36. The van der Waals surface area contributed by atoms with Gasteiger partial charge in [0.1, 0.15) is 5.69 Å². The van der Waals surface area contributed by atoms with Crippen LogP contribution in [0.2, 0.25) is 0 Å². The summed E-state index contributed by atoms with van der Waals surface area (Å²) in [5, 5.41) is 7.63. The van der Waals surface area contributed by atoms with Gasteiger partial charge in [-0.1, -0.05) is 0 Å². The Hall–Kier alpha value is -3.09. The largest absolute Gasteiger partial charge is 0.493 e. The minimum Gasteiger partial charge on any atom is -0.493 e. The molecule has 0 fully saturated rings. The lowest BCUT2D eigenvalue weighted by molar-refractivity contribution is 0.0729. The van der Waals surface area contributed by atoms with Gasteiger partial charge in [0, 0.05) is 18.5 Å². The fourth-order valence-corrected chi connectivity index (χ4v) is 3.16. The molecule has 7 nitrogen and oxygen atoms in total. The van der Waals surface area contributed by atoms with Gasteiger partial charge in [0.05, 0.1) is 20.4 Å². The fourth-order valence-electron chi connectivity index (χ4n) is 3.16. The van der Waals surface area contributed by atoms with E-state index in [1.807, 2.05) is 18.2 Å². The minimum atomic E-state index is -0.0862. The third kappa shape index (κ3) is 2.67. The molecule has 0 atom stereocenters. The molecule has 128 valence electrons. The van der Waals surface area contributed by atoms with Crippen LogP contribution in [0.5, 0.6) is 11.5 Å². The lowest BCUT2D eigenvalue weighted by Gasteiger charge is -2.29. The van der Waals surface area contributed by atoms with Gasteiger partial charge in [-0.25, -0.2) is 4.98 Å². The van der Waals surface area contributed by atoms with E-state index in [-0.39, 0.29) is 5.91 Å². The van der Waals surface area contributed by atoms with Gasteiger partial charge in [-0.15, -0.1) is 0 Å². The molecule has 0 unspecified atom stereocenters. The highest BCUT2D eigenvalue weighted by Crippen LogP contribution is 2.33. The van der Waals surface area contributed by atoms with Crippen LogP contribution in [0, 0.1) is 0 Å².